The Morgan fingerprint density at radius 3 is 2.76 bits per heavy atom. The fraction of sp³-hybridized carbons (Fsp3) is 0.500. The SMILES string of the molecule is COC(=O)C1COCCN1C(=O)c1c(C)cc(C)[nH]c1=O. The minimum Gasteiger partial charge on any atom is -0.467 e. The Labute approximate surface area is 121 Å². The number of rotatable bonds is 2. The van der Waals surface area contributed by atoms with Crippen molar-refractivity contribution in [2.45, 2.75) is 19.9 Å². The summed E-state index contributed by atoms with van der Waals surface area (Å²) in [6.07, 6.45) is 0. The number of H-pyrrole nitrogens is 1. The molecule has 7 nitrogen and oxygen atoms in total. The van der Waals surface area contributed by atoms with Crippen molar-refractivity contribution in [3.63, 3.8) is 0 Å². The van der Waals surface area contributed by atoms with E-state index >= 15 is 0 Å². The first kappa shape index (κ1) is 15.2. The molecule has 114 valence electrons. The maximum absolute atomic E-state index is 12.6. The van der Waals surface area contributed by atoms with Crippen LogP contribution in [0.3, 0.4) is 0 Å². The van der Waals surface area contributed by atoms with Crippen LogP contribution in [0.2, 0.25) is 0 Å². The summed E-state index contributed by atoms with van der Waals surface area (Å²) in [5, 5.41) is 0. The molecule has 21 heavy (non-hydrogen) atoms. The Morgan fingerprint density at radius 2 is 2.14 bits per heavy atom. The molecular formula is C14H18N2O5. The van der Waals surface area contributed by atoms with Gasteiger partial charge in [0.15, 0.2) is 6.04 Å². The molecule has 7 heteroatoms. The number of aromatic nitrogens is 1. The Kier molecular flexibility index (Phi) is 4.42. The van der Waals surface area contributed by atoms with E-state index in [1.54, 1.807) is 19.9 Å². The number of amides is 1. The molecule has 1 aliphatic rings. The van der Waals surface area contributed by atoms with Crippen molar-refractivity contribution < 1.29 is 19.1 Å². The normalized spacial score (nSPS) is 18.4. The fourth-order valence-electron chi connectivity index (χ4n) is 2.44. The van der Waals surface area contributed by atoms with Crippen LogP contribution in [-0.2, 0) is 14.3 Å². The van der Waals surface area contributed by atoms with Gasteiger partial charge in [-0.25, -0.2) is 4.79 Å². The monoisotopic (exact) mass is 294 g/mol. The van der Waals surface area contributed by atoms with E-state index in [0.717, 1.165) is 0 Å². The van der Waals surface area contributed by atoms with Crippen LogP contribution in [0.5, 0.6) is 0 Å². The molecule has 1 saturated heterocycles. The highest BCUT2D eigenvalue weighted by molar-refractivity contribution is 5.97. The summed E-state index contributed by atoms with van der Waals surface area (Å²) < 4.78 is 9.91. The number of aromatic amines is 1. The largest absolute Gasteiger partial charge is 0.467 e. The summed E-state index contributed by atoms with van der Waals surface area (Å²) in [6.45, 7) is 4.08. The molecule has 2 heterocycles. The van der Waals surface area contributed by atoms with Gasteiger partial charge in [0.25, 0.3) is 11.5 Å². The van der Waals surface area contributed by atoms with Crippen molar-refractivity contribution in [3.05, 3.63) is 33.2 Å². The van der Waals surface area contributed by atoms with Crippen LogP contribution in [-0.4, -0.2) is 54.7 Å². The molecule has 1 atom stereocenters. The smallest absolute Gasteiger partial charge is 0.331 e. The topological polar surface area (TPSA) is 88.7 Å². The standard InChI is InChI=1S/C14H18N2O5/c1-8-6-9(2)15-12(17)11(8)13(18)16-4-5-21-7-10(16)14(19)20-3/h6,10H,4-5,7H2,1-3H3,(H,15,17). The second-order valence-electron chi connectivity index (χ2n) is 4.95. The third-order valence-corrected chi connectivity index (χ3v) is 3.44. The van der Waals surface area contributed by atoms with Crippen LogP contribution in [0.1, 0.15) is 21.6 Å². The molecule has 0 spiro atoms. The molecule has 1 N–H and O–H groups in total. The number of pyridine rings is 1. The summed E-state index contributed by atoms with van der Waals surface area (Å²) in [4.78, 5) is 40.4. The van der Waals surface area contributed by atoms with E-state index in [1.807, 2.05) is 0 Å². The molecule has 1 aromatic rings. The number of carbonyl (C=O) groups is 2. The summed E-state index contributed by atoms with van der Waals surface area (Å²) in [5.41, 5.74) is 0.862. The molecule has 0 aliphatic carbocycles. The van der Waals surface area contributed by atoms with Crippen molar-refractivity contribution in [3.8, 4) is 0 Å². The van der Waals surface area contributed by atoms with Crippen molar-refractivity contribution in [1.29, 1.82) is 0 Å². The lowest BCUT2D eigenvalue weighted by atomic mass is 10.1. The van der Waals surface area contributed by atoms with Crippen LogP contribution in [0, 0.1) is 13.8 Å². The van der Waals surface area contributed by atoms with Gasteiger partial charge in [-0.3, -0.25) is 9.59 Å². The van der Waals surface area contributed by atoms with Gasteiger partial charge in [0, 0.05) is 12.2 Å². The van der Waals surface area contributed by atoms with Crippen molar-refractivity contribution in [2.24, 2.45) is 0 Å². The zero-order chi connectivity index (χ0) is 15.6. The highest BCUT2D eigenvalue weighted by Gasteiger charge is 2.35. The van der Waals surface area contributed by atoms with E-state index < -0.39 is 23.5 Å². The number of ether oxygens (including phenoxy) is 2. The number of nitrogens with one attached hydrogen (secondary N) is 1. The van der Waals surface area contributed by atoms with Gasteiger partial charge in [-0.05, 0) is 25.5 Å². The van der Waals surface area contributed by atoms with Gasteiger partial charge in [0.2, 0.25) is 0 Å². The summed E-state index contributed by atoms with van der Waals surface area (Å²) in [6, 6.07) is 0.902. The number of methoxy groups -OCH3 is 1. The maximum Gasteiger partial charge on any atom is 0.331 e. The number of hydrogen-bond acceptors (Lipinski definition) is 5. The second kappa shape index (κ2) is 6.09. The Balaban J connectivity index is 2.38. The molecule has 2 rings (SSSR count). The van der Waals surface area contributed by atoms with Crippen molar-refractivity contribution in [2.75, 3.05) is 26.9 Å². The quantitative estimate of drug-likeness (QED) is 0.776. The first-order valence-corrected chi connectivity index (χ1v) is 6.62. The molecule has 1 unspecified atom stereocenters. The number of nitrogens with zero attached hydrogens (tertiary/aromatic N) is 1. The number of esters is 1. The van der Waals surface area contributed by atoms with Crippen LogP contribution in [0.15, 0.2) is 10.9 Å². The van der Waals surface area contributed by atoms with E-state index in [2.05, 4.69) is 9.72 Å². The summed E-state index contributed by atoms with van der Waals surface area (Å²) >= 11 is 0. The van der Waals surface area contributed by atoms with Gasteiger partial charge in [-0.1, -0.05) is 0 Å². The Morgan fingerprint density at radius 1 is 1.43 bits per heavy atom. The zero-order valence-electron chi connectivity index (χ0n) is 12.3. The number of morpholine rings is 1. The lowest BCUT2D eigenvalue weighted by molar-refractivity contribution is -0.151. The van der Waals surface area contributed by atoms with E-state index in [4.69, 9.17) is 4.74 Å². The van der Waals surface area contributed by atoms with E-state index in [1.165, 1.54) is 12.0 Å². The first-order chi connectivity index (χ1) is 9.95. The molecule has 1 amide bonds. The summed E-state index contributed by atoms with van der Waals surface area (Å²) in [5.74, 6) is -1.03. The van der Waals surface area contributed by atoms with Crippen molar-refractivity contribution in [1.82, 2.24) is 9.88 Å². The average Bonchev–Trinajstić information content (AvgIpc) is 2.45. The van der Waals surface area contributed by atoms with Crippen LogP contribution in [0.4, 0.5) is 0 Å². The molecule has 0 aromatic carbocycles. The lowest BCUT2D eigenvalue weighted by Crippen LogP contribution is -2.54. The van der Waals surface area contributed by atoms with Gasteiger partial charge < -0.3 is 19.4 Å². The Hall–Kier alpha value is -2.15. The Bertz CT molecular complexity index is 622. The number of carbonyl (C=O) groups excluding carboxylic acids is 2. The third-order valence-electron chi connectivity index (χ3n) is 3.44. The molecule has 0 saturated carbocycles. The predicted molar refractivity (Wildman–Crippen MR) is 74.2 cm³/mol. The van der Waals surface area contributed by atoms with Crippen LogP contribution in [0.25, 0.3) is 0 Å². The average molecular weight is 294 g/mol. The van der Waals surface area contributed by atoms with Crippen molar-refractivity contribution >= 4 is 11.9 Å². The van der Waals surface area contributed by atoms with Gasteiger partial charge in [-0.15, -0.1) is 0 Å². The van der Waals surface area contributed by atoms with E-state index in [-0.39, 0.29) is 18.7 Å². The second-order valence-corrected chi connectivity index (χ2v) is 4.95. The minimum absolute atomic E-state index is 0.0522. The van der Waals surface area contributed by atoms with Crippen LogP contribution >= 0.6 is 0 Å². The molecule has 1 aromatic heterocycles. The maximum atomic E-state index is 12.6. The van der Waals surface area contributed by atoms with Crippen LogP contribution < -0.4 is 5.56 Å². The van der Waals surface area contributed by atoms with Gasteiger partial charge in [-0.2, -0.15) is 0 Å². The molecule has 1 fully saturated rings. The fourth-order valence-corrected chi connectivity index (χ4v) is 2.44. The molecule has 0 radical (unpaired) electrons. The van der Waals surface area contributed by atoms with E-state index in [0.29, 0.717) is 17.9 Å². The molecule has 0 bridgehead atoms. The van der Waals surface area contributed by atoms with Gasteiger partial charge >= 0.3 is 5.97 Å². The van der Waals surface area contributed by atoms with E-state index in [9.17, 15) is 14.4 Å². The summed E-state index contributed by atoms with van der Waals surface area (Å²) in [7, 11) is 1.25. The highest BCUT2D eigenvalue weighted by Crippen LogP contribution is 2.14. The minimum atomic E-state index is -0.823. The third kappa shape index (κ3) is 2.97. The highest BCUT2D eigenvalue weighted by atomic mass is 16.5. The molecule has 1 aliphatic heterocycles. The number of hydrogen-bond donors (Lipinski definition) is 1. The lowest BCUT2D eigenvalue weighted by Gasteiger charge is -2.33. The van der Waals surface area contributed by atoms with Gasteiger partial charge in [0.1, 0.15) is 5.56 Å². The predicted octanol–water partition coefficient (Wildman–Crippen LogP) is 0.00574. The molecular weight excluding hydrogens is 276 g/mol. The first-order valence-electron chi connectivity index (χ1n) is 6.62. The van der Waals surface area contributed by atoms with Gasteiger partial charge in [0.05, 0.1) is 20.3 Å². The zero-order valence-corrected chi connectivity index (χ0v) is 12.3. The number of aryl methyl sites for hydroxylation is 2.